The summed E-state index contributed by atoms with van der Waals surface area (Å²) in [4.78, 5) is 12.3. The molecule has 2 aromatic rings. The van der Waals surface area contributed by atoms with Crippen molar-refractivity contribution < 1.29 is 9.53 Å². The maximum Gasteiger partial charge on any atom is 0.261 e. The normalized spacial score (nSPS) is 11.8. The molecular formula is C20H25NO2. The van der Waals surface area contributed by atoms with Crippen LogP contribution in [-0.4, -0.2) is 18.6 Å². The number of hydrogen-bond acceptors (Lipinski definition) is 2. The number of carbonyl (C=O) groups is 1. The predicted molar refractivity (Wildman–Crippen MR) is 93.8 cm³/mol. The molecule has 0 unspecified atom stereocenters. The zero-order valence-electron chi connectivity index (χ0n) is 14.1. The van der Waals surface area contributed by atoms with Crippen molar-refractivity contribution in [1.29, 1.82) is 0 Å². The Labute approximate surface area is 138 Å². The van der Waals surface area contributed by atoms with Crippen LogP contribution in [0, 0.1) is 13.8 Å². The van der Waals surface area contributed by atoms with Gasteiger partial charge in [0.15, 0.2) is 6.10 Å². The molecule has 0 spiro atoms. The molecule has 0 saturated heterocycles. The second-order valence-electron chi connectivity index (χ2n) is 5.81. The molecule has 0 aromatic heterocycles. The Bertz CT molecular complexity index is 637. The summed E-state index contributed by atoms with van der Waals surface area (Å²) in [6.45, 7) is 6.60. The molecule has 3 heteroatoms. The minimum atomic E-state index is -0.453. The first kappa shape index (κ1) is 17.1. The van der Waals surface area contributed by atoms with Crippen LogP contribution in [0.25, 0.3) is 0 Å². The summed E-state index contributed by atoms with van der Waals surface area (Å²) >= 11 is 0. The highest BCUT2D eigenvalue weighted by Crippen LogP contribution is 2.21. The standard InChI is InChI=1S/C20H25NO2/c1-4-18(23-19-14-15(2)10-11-16(19)3)20(22)21-13-12-17-8-6-5-7-9-17/h5-11,14,18H,4,12-13H2,1-3H3,(H,21,22)/t18-/m1/s1. The van der Waals surface area contributed by atoms with Gasteiger partial charge in [-0.25, -0.2) is 0 Å². The Morgan fingerprint density at radius 1 is 1.13 bits per heavy atom. The van der Waals surface area contributed by atoms with Gasteiger partial charge in [0.1, 0.15) is 5.75 Å². The van der Waals surface area contributed by atoms with Gasteiger partial charge in [0.2, 0.25) is 0 Å². The van der Waals surface area contributed by atoms with Crippen molar-refractivity contribution in [3.05, 3.63) is 65.2 Å². The maximum atomic E-state index is 12.3. The van der Waals surface area contributed by atoms with Crippen molar-refractivity contribution in [3.8, 4) is 5.75 Å². The van der Waals surface area contributed by atoms with Gasteiger partial charge in [0, 0.05) is 6.54 Å². The minimum Gasteiger partial charge on any atom is -0.480 e. The number of hydrogen-bond donors (Lipinski definition) is 1. The first-order valence-electron chi connectivity index (χ1n) is 8.15. The third kappa shape index (κ3) is 5.13. The van der Waals surface area contributed by atoms with Crippen molar-refractivity contribution in [2.45, 2.75) is 39.7 Å². The van der Waals surface area contributed by atoms with Crippen LogP contribution >= 0.6 is 0 Å². The number of carbonyl (C=O) groups excluding carboxylic acids is 1. The van der Waals surface area contributed by atoms with Gasteiger partial charge in [-0.2, -0.15) is 0 Å². The summed E-state index contributed by atoms with van der Waals surface area (Å²) in [5.41, 5.74) is 3.40. The average Bonchev–Trinajstić information content (AvgIpc) is 2.56. The van der Waals surface area contributed by atoms with E-state index in [-0.39, 0.29) is 5.91 Å². The second-order valence-corrected chi connectivity index (χ2v) is 5.81. The number of nitrogens with one attached hydrogen (secondary N) is 1. The highest BCUT2D eigenvalue weighted by molar-refractivity contribution is 5.81. The van der Waals surface area contributed by atoms with Gasteiger partial charge in [0.25, 0.3) is 5.91 Å². The zero-order valence-corrected chi connectivity index (χ0v) is 14.1. The van der Waals surface area contributed by atoms with Gasteiger partial charge < -0.3 is 10.1 Å². The molecule has 1 N–H and O–H groups in total. The third-order valence-corrected chi connectivity index (χ3v) is 3.83. The Kier molecular flexibility index (Phi) is 6.21. The molecule has 0 saturated carbocycles. The van der Waals surface area contributed by atoms with Gasteiger partial charge in [-0.3, -0.25) is 4.79 Å². The van der Waals surface area contributed by atoms with Crippen LogP contribution in [0.3, 0.4) is 0 Å². The Morgan fingerprint density at radius 3 is 2.57 bits per heavy atom. The number of aryl methyl sites for hydroxylation is 2. The van der Waals surface area contributed by atoms with Gasteiger partial charge in [-0.1, -0.05) is 49.4 Å². The fourth-order valence-corrected chi connectivity index (χ4v) is 2.40. The number of benzene rings is 2. The fraction of sp³-hybridized carbons (Fsp3) is 0.350. The molecule has 0 bridgehead atoms. The van der Waals surface area contributed by atoms with Crippen molar-refractivity contribution in [1.82, 2.24) is 5.32 Å². The number of rotatable bonds is 7. The van der Waals surface area contributed by atoms with Crippen LogP contribution in [0.4, 0.5) is 0 Å². The molecule has 0 aliphatic carbocycles. The molecule has 0 fully saturated rings. The van der Waals surface area contributed by atoms with Gasteiger partial charge in [-0.15, -0.1) is 0 Å². The molecule has 3 nitrogen and oxygen atoms in total. The minimum absolute atomic E-state index is 0.0515. The molecule has 2 rings (SSSR count). The predicted octanol–water partition coefficient (Wildman–Crippen LogP) is 3.82. The Hall–Kier alpha value is -2.29. The van der Waals surface area contributed by atoms with E-state index in [2.05, 4.69) is 17.4 Å². The molecule has 0 heterocycles. The number of ether oxygens (including phenoxy) is 1. The molecule has 0 aliphatic heterocycles. The van der Waals surface area contributed by atoms with E-state index in [1.807, 2.05) is 57.2 Å². The molecule has 1 atom stereocenters. The Morgan fingerprint density at radius 2 is 1.87 bits per heavy atom. The molecule has 0 aliphatic rings. The highest BCUT2D eigenvalue weighted by atomic mass is 16.5. The monoisotopic (exact) mass is 311 g/mol. The summed E-state index contributed by atoms with van der Waals surface area (Å²) in [6, 6.07) is 16.2. The fourth-order valence-electron chi connectivity index (χ4n) is 2.40. The SMILES string of the molecule is CC[C@@H](Oc1cc(C)ccc1C)C(=O)NCCc1ccccc1. The van der Waals surface area contributed by atoms with Crippen LogP contribution in [0.5, 0.6) is 5.75 Å². The number of amides is 1. The third-order valence-electron chi connectivity index (χ3n) is 3.83. The summed E-state index contributed by atoms with van der Waals surface area (Å²) in [6.07, 6.45) is 1.02. The van der Waals surface area contributed by atoms with Crippen LogP contribution in [0.2, 0.25) is 0 Å². The topological polar surface area (TPSA) is 38.3 Å². The maximum absolute atomic E-state index is 12.3. The lowest BCUT2D eigenvalue weighted by Crippen LogP contribution is -2.39. The van der Waals surface area contributed by atoms with E-state index < -0.39 is 6.10 Å². The molecule has 1 amide bonds. The second kappa shape index (κ2) is 8.37. The van der Waals surface area contributed by atoms with E-state index in [0.29, 0.717) is 13.0 Å². The van der Waals surface area contributed by atoms with Gasteiger partial charge in [-0.05, 0) is 49.4 Å². The van der Waals surface area contributed by atoms with Crippen LogP contribution in [-0.2, 0) is 11.2 Å². The van der Waals surface area contributed by atoms with Crippen molar-refractivity contribution in [3.63, 3.8) is 0 Å². The van der Waals surface area contributed by atoms with Crippen LogP contribution in [0.15, 0.2) is 48.5 Å². The van der Waals surface area contributed by atoms with Gasteiger partial charge in [0.05, 0.1) is 0 Å². The largest absolute Gasteiger partial charge is 0.480 e. The highest BCUT2D eigenvalue weighted by Gasteiger charge is 2.18. The average molecular weight is 311 g/mol. The van der Waals surface area contributed by atoms with E-state index in [9.17, 15) is 4.79 Å². The van der Waals surface area contributed by atoms with Crippen molar-refractivity contribution in [2.24, 2.45) is 0 Å². The quantitative estimate of drug-likeness (QED) is 0.844. The summed E-state index contributed by atoms with van der Waals surface area (Å²) in [7, 11) is 0. The lowest BCUT2D eigenvalue weighted by atomic mass is 10.1. The van der Waals surface area contributed by atoms with E-state index in [0.717, 1.165) is 23.3 Å². The zero-order chi connectivity index (χ0) is 16.7. The lowest BCUT2D eigenvalue weighted by molar-refractivity contribution is -0.128. The molecular weight excluding hydrogens is 286 g/mol. The molecule has 122 valence electrons. The van der Waals surface area contributed by atoms with E-state index in [1.165, 1.54) is 5.56 Å². The summed E-state index contributed by atoms with van der Waals surface area (Å²) in [5.74, 6) is 0.736. The van der Waals surface area contributed by atoms with Crippen LogP contribution in [0.1, 0.15) is 30.0 Å². The summed E-state index contributed by atoms with van der Waals surface area (Å²) in [5, 5.41) is 2.97. The first-order valence-corrected chi connectivity index (χ1v) is 8.15. The molecule has 23 heavy (non-hydrogen) atoms. The van der Waals surface area contributed by atoms with E-state index in [4.69, 9.17) is 4.74 Å². The van der Waals surface area contributed by atoms with E-state index in [1.54, 1.807) is 0 Å². The van der Waals surface area contributed by atoms with Crippen LogP contribution < -0.4 is 10.1 Å². The smallest absolute Gasteiger partial charge is 0.261 e. The van der Waals surface area contributed by atoms with Crippen molar-refractivity contribution >= 4 is 5.91 Å². The van der Waals surface area contributed by atoms with Gasteiger partial charge >= 0.3 is 0 Å². The molecule has 0 radical (unpaired) electrons. The van der Waals surface area contributed by atoms with E-state index >= 15 is 0 Å². The lowest BCUT2D eigenvalue weighted by Gasteiger charge is -2.19. The Balaban J connectivity index is 1.89. The first-order chi connectivity index (χ1) is 11.1. The molecule has 2 aromatic carbocycles. The van der Waals surface area contributed by atoms with Crippen molar-refractivity contribution in [2.75, 3.05) is 6.54 Å². The summed E-state index contributed by atoms with van der Waals surface area (Å²) < 4.78 is 5.93.